The second-order valence-electron chi connectivity index (χ2n) is 6.93. The van der Waals surface area contributed by atoms with Crippen molar-refractivity contribution in [2.24, 2.45) is 16.7 Å². The van der Waals surface area contributed by atoms with Crippen molar-refractivity contribution in [1.29, 1.82) is 0 Å². The zero-order valence-corrected chi connectivity index (χ0v) is 12.6. The summed E-state index contributed by atoms with van der Waals surface area (Å²) < 4.78 is 9.81. The minimum atomic E-state index is -0.580. The fourth-order valence-corrected chi connectivity index (χ4v) is 1.50. The van der Waals surface area contributed by atoms with E-state index < -0.39 is 5.41 Å². The molecule has 0 amide bonds. The Morgan fingerprint density at radius 1 is 1.00 bits per heavy atom. The molecule has 0 unspecified atom stereocenters. The minimum absolute atomic E-state index is 0.0700. The van der Waals surface area contributed by atoms with Crippen molar-refractivity contribution >= 4 is 11.9 Å². The number of esters is 2. The fraction of sp³-hybridized carbons (Fsp3) is 0.857. The molecule has 0 saturated heterocycles. The highest BCUT2D eigenvalue weighted by Crippen LogP contribution is 2.24. The van der Waals surface area contributed by atoms with Crippen molar-refractivity contribution < 1.29 is 19.1 Å². The number of carbonyl (C=O) groups is 2. The summed E-state index contributed by atoms with van der Waals surface area (Å²) in [6, 6.07) is 0. The summed E-state index contributed by atoms with van der Waals surface area (Å²) in [7, 11) is 0. The second kappa shape index (κ2) is 6.21. The topological polar surface area (TPSA) is 52.6 Å². The number of rotatable bonds is 4. The van der Waals surface area contributed by atoms with Gasteiger partial charge in [0.1, 0.15) is 0 Å². The van der Waals surface area contributed by atoms with Crippen LogP contribution < -0.4 is 0 Å². The molecule has 18 heavy (non-hydrogen) atoms. The summed E-state index contributed by atoms with van der Waals surface area (Å²) in [6.07, 6.45) is 0.735. The van der Waals surface area contributed by atoms with Gasteiger partial charge in [-0.25, -0.2) is 0 Å². The Kier molecular flexibility index (Phi) is 5.84. The molecule has 0 aromatic heterocycles. The third kappa shape index (κ3) is 7.30. The Labute approximate surface area is 110 Å². The van der Waals surface area contributed by atoms with Crippen LogP contribution in [0.3, 0.4) is 0 Å². The summed E-state index contributed by atoms with van der Waals surface area (Å²) in [5.41, 5.74) is -0.510. The lowest BCUT2D eigenvalue weighted by atomic mass is 9.85. The lowest BCUT2D eigenvalue weighted by molar-refractivity contribution is -0.175. The van der Waals surface area contributed by atoms with E-state index in [9.17, 15) is 9.59 Å². The maximum absolute atomic E-state index is 11.6. The van der Waals surface area contributed by atoms with Crippen molar-refractivity contribution in [3.8, 4) is 0 Å². The van der Waals surface area contributed by atoms with Gasteiger partial charge in [0.2, 0.25) is 6.79 Å². The van der Waals surface area contributed by atoms with Gasteiger partial charge in [-0.1, -0.05) is 27.7 Å². The smallest absolute Gasteiger partial charge is 0.314 e. The van der Waals surface area contributed by atoms with E-state index in [1.54, 1.807) is 20.8 Å². The van der Waals surface area contributed by atoms with Crippen LogP contribution in [0.5, 0.6) is 0 Å². The van der Waals surface area contributed by atoms with E-state index in [1.807, 2.05) is 6.92 Å². The maximum atomic E-state index is 11.6. The lowest BCUT2D eigenvalue weighted by Gasteiger charge is -2.22. The average molecular weight is 258 g/mol. The van der Waals surface area contributed by atoms with Crippen molar-refractivity contribution in [3.63, 3.8) is 0 Å². The van der Waals surface area contributed by atoms with E-state index >= 15 is 0 Å². The van der Waals surface area contributed by atoms with Gasteiger partial charge >= 0.3 is 11.9 Å². The van der Waals surface area contributed by atoms with E-state index in [-0.39, 0.29) is 30.1 Å². The first-order valence-electron chi connectivity index (χ1n) is 6.27. The van der Waals surface area contributed by atoms with E-state index in [4.69, 9.17) is 9.47 Å². The van der Waals surface area contributed by atoms with Gasteiger partial charge in [-0.15, -0.1) is 0 Å². The van der Waals surface area contributed by atoms with E-state index in [0.717, 1.165) is 6.42 Å². The van der Waals surface area contributed by atoms with Crippen molar-refractivity contribution in [1.82, 2.24) is 0 Å². The standard InChI is InChI=1S/C14H26O4/c1-10(8-13(2,3)4)11(15)17-9-18-12(16)14(5,6)7/h10H,8-9H2,1-7H3/t10-/m0/s1. The molecule has 0 N–H and O–H groups in total. The SMILES string of the molecule is C[C@@H](CC(C)(C)C)C(=O)OCOC(=O)C(C)(C)C. The lowest BCUT2D eigenvalue weighted by Crippen LogP contribution is -2.26. The van der Waals surface area contributed by atoms with E-state index in [2.05, 4.69) is 20.8 Å². The predicted molar refractivity (Wildman–Crippen MR) is 69.7 cm³/mol. The third-order valence-corrected chi connectivity index (χ3v) is 2.32. The highest BCUT2D eigenvalue weighted by Gasteiger charge is 2.25. The van der Waals surface area contributed by atoms with Gasteiger partial charge < -0.3 is 9.47 Å². The quantitative estimate of drug-likeness (QED) is 0.574. The maximum Gasteiger partial charge on any atom is 0.314 e. The monoisotopic (exact) mass is 258 g/mol. The van der Waals surface area contributed by atoms with Crippen LogP contribution in [0.4, 0.5) is 0 Å². The molecule has 106 valence electrons. The highest BCUT2D eigenvalue weighted by molar-refractivity contribution is 5.75. The number of hydrogen-bond acceptors (Lipinski definition) is 4. The molecule has 0 radical (unpaired) electrons. The van der Waals surface area contributed by atoms with Crippen LogP contribution in [-0.2, 0) is 19.1 Å². The molecule has 0 spiro atoms. The molecule has 0 fully saturated rings. The molecule has 4 nitrogen and oxygen atoms in total. The molecular formula is C14H26O4. The summed E-state index contributed by atoms with van der Waals surface area (Å²) >= 11 is 0. The molecule has 0 rings (SSSR count). The van der Waals surface area contributed by atoms with Gasteiger partial charge in [0.25, 0.3) is 0 Å². The van der Waals surface area contributed by atoms with Crippen LogP contribution in [-0.4, -0.2) is 18.7 Å². The van der Waals surface area contributed by atoms with Crippen molar-refractivity contribution in [3.05, 3.63) is 0 Å². The number of ether oxygens (including phenoxy) is 2. The second-order valence-corrected chi connectivity index (χ2v) is 6.93. The van der Waals surface area contributed by atoms with Crippen molar-refractivity contribution in [2.75, 3.05) is 6.79 Å². The molecule has 0 aromatic rings. The van der Waals surface area contributed by atoms with Crippen LogP contribution >= 0.6 is 0 Å². The molecule has 0 aliphatic heterocycles. The molecule has 1 atom stereocenters. The van der Waals surface area contributed by atoms with Crippen LogP contribution in [0.1, 0.15) is 54.9 Å². The first kappa shape index (κ1) is 16.9. The Bertz CT molecular complexity index is 294. The van der Waals surface area contributed by atoms with Gasteiger partial charge in [0, 0.05) is 0 Å². The van der Waals surface area contributed by atoms with Crippen LogP contribution in [0.15, 0.2) is 0 Å². The number of carbonyl (C=O) groups excluding carboxylic acids is 2. The Hall–Kier alpha value is -1.06. The first-order chi connectivity index (χ1) is 7.93. The van der Waals surface area contributed by atoms with Crippen LogP contribution in [0.2, 0.25) is 0 Å². The predicted octanol–water partition coefficient (Wildman–Crippen LogP) is 3.15. The normalized spacial score (nSPS) is 13.9. The fourth-order valence-electron chi connectivity index (χ4n) is 1.50. The molecular weight excluding hydrogens is 232 g/mol. The zero-order chi connectivity index (χ0) is 14.6. The largest absolute Gasteiger partial charge is 0.428 e. The molecule has 0 saturated carbocycles. The first-order valence-corrected chi connectivity index (χ1v) is 6.27. The third-order valence-electron chi connectivity index (χ3n) is 2.32. The van der Waals surface area contributed by atoms with E-state index in [1.165, 1.54) is 0 Å². The Balaban J connectivity index is 4.02. The molecule has 0 heterocycles. The molecule has 0 aliphatic carbocycles. The molecule has 0 aromatic carbocycles. The van der Waals surface area contributed by atoms with Crippen molar-refractivity contribution in [2.45, 2.75) is 54.9 Å². The molecule has 0 bridgehead atoms. The summed E-state index contributed by atoms with van der Waals surface area (Å²) in [5, 5.41) is 0. The summed E-state index contributed by atoms with van der Waals surface area (Å²) in [4.78, 5) is 23.1. The average Bonchev–Trinajstić information content (AvgIpc) is 2.12. The highest BCUT2D eigenvalue weighted by atomic mass is 16.7. The Morgan fingerprint density at radius 2 is 1.50 bits per heavy atom. The van der Waals surface area contributed by atoms with Gasteiger partial charge in [-0.3, -0.25) is 9.59 Å². The van der Waals surface area contributed by atoms with Gasteiger partial charge in [-0.2, -0.15) is 0 Å². The van der Waals surface area contributed by atoms with E-state index in [0.29, 0.717) is 0 Å². The van der Waals surface area contributed by atoms with Gasteiger partial charge in [0.15, 0.2) is 0 Å². The molecule has 4 heteroatoms. The summed E-state index contributed by atoms with van der Waals surface area (Å²) in [5.74, 6) is -0.899. The van der Waals surface area contributed by atoms with Crippen LogP contribution in [0.25, 0.3) is 0 Å². The molecule has 0 aliphatic rings. The number of hydrogen-bond donors (Lipinski definition) is 0. The van der Waals surface area contributed by atoms with Crippen LogP contribution in [0, 0.1) is 16.7 Å². The Morgan fingerprint density at radius 3 is 1.89 bits per heavy atom. The van der Waals surface area contributed by atoms with Gasteiger partial charge in [0.05, 0.1) is 11.3 Å². The van der Waals surface area contributed by atoms with Gasteiger partial charge in [-0.05, 0) is 32.6 Å². The minimum Gasteiger partial charge on any atom is -0.428 e. The zero-order valence-electron chi connectivity index (χ0n) is 12.6. The summed E-state index contributed by atoms with van der Waals surface area (Å²) in [6.45, 7) is 13.0.